The van der Waals surface area contributed by atoms with E-state index in [1.165, 1.54) is 0 Å². The van der Waals surface area contributed by atoms with Gasteiger partial charge in [-0.3, -0.25) is 4.90 Å². The van der Waals surface area contributed by atoms with Crippen LogP contribution < -0.4 is 0 Å². The maximum atomic E-state index is 12.8. The second-order valence-corrected chi connectivity index (χ2v) is 3.63. The highest BCUT2D eigenvalue weighted by atomic mass is 19.1. The number of halogens is 1. The molecule has 0 spiro atoms. The maximum Gasteiger partial charge on any atom is 0.114 e. The van der Waals surface area contributed by atoms with Gasteiger partial charge in [0.25, 0.3) is 0 Å². The van der Waals surface area contributed by atoms with E-state index in [9.17, 15) is 4.39 Å². The SMILES string of the molecule is OCC1CCN2C[C@H](F)CC12. The van der Waals surface area contributed by atoms with E-state index in [1.54, 1.807) is 0 Å². The summed E-state index contributed by atoms with van der Waals surface area (Å²) in [6.07, 6.45) is 1.05. The first-order chi connectivity index (χ1) is 5.31. The monoisotopic (exact) mass is 159 g/mol. The first-order valence-electron chi connectivity index (χ1n) is 4.30. The van der Waals surface area contributed by atoms with Crippen LogP contribution in [0.3, 0.4) is 0 Å². The molecule has 0 aliphatic carbocycles. The highest BCUT2D eigenvalue weighted by molar-refractivity contribution is 4.94. The molecule has 0 radical (unpaired) electrons. The molecule has 0 bridgehead atoms. The standard InChI is InChI=1S/C8H14FNO/c9-7-3-8-6(5-11)1-2-10(8)4-7/h6-8,11H,1-5H2/t6?,7-,8?/m1/s1. The second kappa shape index (κ2) is 2.72. The fourth-order valence-corrected chi connectivity index (χ4v) is 2.36. The van der Waals surface area contributed by atoms with E-state index in [0.29, 0.717) is 24.9 Å². The Morgan fingerprint density at radius 1 is 1.55 bits per heavy atom. The quantitative estimate of drug-likeness (QED) is 0.599. The Morgan fingerprint density at radius 2 is 2.36 bits per heavy atom. The minimum Gasteiger partial charge on any atom is -0.396 e. The van der Waals surface area contributed by atoms with Crippen molar-refractivity contribution in [3.8, 4) is 0 Å². The van der Waals surface area contributed by atoms with Gasteiger partial charge in [-0.05, 0) is 25.3 Å². The van der Waals surface area contributed by atoms with Crippen LogP contribution in [0.4, 0.5) is 4.39 Å². The van der Waals surface area contributed by atoms with E-state index in [0.717, 1.165) is 13.0 Å². The van der Waals surface area contributed by atoms with Gasteiger partial charge in [0, 0.05) is 19.2 Å². The molecule has 11 heavy (non-hydrogen) atoms. The molecule has 1 N–H and O–H groups in total. The molecule has 0 saturated carbocycles. The number of aliphatic hydroxyl groups excluding tert-OH is 1. The summed E-state index contributed by atoms with van der Waals surface area (Å²) < 4.78 is 12.8. The van der Waals surface area contributed by atoms with Crippen molar-refractivity contribution >= 4 is 0 Å². The minimum absolute atomic E-state index is 0.230. The molecule has 0 aromatic carbocycles. The Balaban J connectivity index is 2.01. The van der Waals surface area contributed by atoms with E-state index in [-0.39, 0.29) is 6.61 Å². The van der Waals surface area contributed by atoms with E-state index in [1.807, 2.05) is 0 Å². The Bertz CT molecular complexity index is 151. The lowest BCUT2D eigenvalue weighted by atomic mass is 9.99. The van der Waals surface area contributed by atoms with E-state index in [4.69, 9.17) is 5.11 Å². The zero-order valence-corrected chi connectivity index (χ0v) is 6.54. The van der Waals surface area contributed by atoms with Crippen LogP contribution in [0.25, 0.3) is 0 Å². The third-order valence-corrected chi connectivity index (χ3v) is 2.96. The molecular formula is C8H14FNO. The van der Waals surface area contributed by atoms with Crippen molar-refractivity contribution in [3.05, 3.63) is 0 Å². The van der Waals surface area contributed by atoms with Gasteiger partial charge in [-0.1, -0.05) is 0 Å². The van der Waals surface area contributed by atoms with E-state index in [2.05, 4.69) is 4.90 Å². The minimum atomic E-state index is -0.644. The number of fused-ring (bicyclic) bond motifs is 1. The van der Waals surface area contributed by atoms with Gasteiger partial charge >= 0.3 is 0 Å². The number of rotatable bonds is 1. The molecule has 2 unspecified atom stereocenters. The van der Waals surface area contributed by atoms with E-state index >= 15 is 0 Å². The van der Waals surface area contributed by atoms with Gasteiger partial charge in [0.1, 0.15) is 6.17 Å². The van der Waals surface area contributed by atoms with Crippen molar-refractivity contribution < 1.29 is 9.50 Å². The molecule has 0 aromatic heterocycles. The fraction of sp³-hybridized carbons (Fsp3) is 1.00. The van der Waals surface area contributed by atoms with Crippen LogP contribution in [-0.4, -0.2) is 41.9 Å². The molecular weight excluding hydrogens is 145 g/mol. The number of aliphatic hydroxyl groups is 1. The highest BCUT2D eigenvalue weighted by Crippen LogP contribution is 2.33. The Labute approximate surface area is 66.0 Å². The first-order valence-corrected chi connectivity index (χ1v) is 4.30. The van der Waals surface area contributed by atoms with Crippen molar-refractivity contribution in [1.29, 1.82) is 0 Å². The third-order valence-electron chi connectivity index (χ3n) is 2.96. The zero-order valence-electron chi connectivity index (χ0n) is 6.54. The van der Waals surface area contributed by atoms with Crippen LogP contribution in [-0.2, 0) is 0 Å². The van der Waals surface area contributed by atoms with Crippen LogP contribution in [0.1, 0.15) is 12.8 Å². The number of hydrogen-bond acceptors (Lipinski definition) is 2. The molecule has 0 amide bonds. The van der Waals surface area contributed by atoms with Gasteiger partial charge in [0.05, 0.1) is 0 Å². The summed E-state index contributed by atoms with van der Waals surface area (Å²) in [6, 6.07) is 0.343. The topological polar surface area (TPSA) is 23.5 Å². The van der Waals surface area contributed by atoms with Gasteiger partial charge in [-0.15, -0.1) is 0 Å². The van der Waals surface area contributed by atoms with Gasteiger partial charge in [-0.25, -0.2) is 4.39 Å². The van der Waals surface area contributed by atoms with Crippen molar-refractivity contribution in [2.24, 2.45) is 5.92 Å². The van der Waals surface area contributed by atoms with Gasteiger partial charge in [-0.2, -0.15) is 0 Å². The second-order valence-electron chi connectivity index (χ2n) is 3.63. The van der Waals surface area contributed by atoms with Gasteiger partial charge in [0.15, 0.2) is 0 Å². The lowest BCUT2D eigenvalue weighted by Gasteiger charge is -2.17. The van der Waals surface area contributed by atoms with Crippen molar-refractivity contribution in [1.82, 2.24) is 4.90 Å². The zero-order chi connectivity index (χ0) is 7.84. The summed E-state index contributed by atoms with van der Waals surface area (Å²) in [6.45, 7) is 1.81. The third kappa shape index (κ3) is 1.16. The Hall–Kier alpha value is -0.150. The lowest BCUT2D eigenvalue weighted by molar-refractivity contribution is 0.190. The van der Waals surface area contributed by atoms with Crippen molar-refractivity contribution in [2.45, 2.75) is 25.1 Å². The van der Waals surface area contributed by atoms with Gasteiger partial charge in [0.2, 0.25) is 0 Å². The van der Waals surface area contributed by atoms with Crippen LogP contribution in [0.5, 0.6) is 0 Å². The predicted molar refractivity (Wildman–Crippen MR) is 40.1 cm³/mol. The average Bonchev–Trinajstić information content (AvgIpc) is 2.45. The molecule has 3 atom stereocenters. The van der Waals surface area contributed by atoms with Crippen molar-refractivity contribution in [3.63, 3.8) is 0 Å². The Kier molecular flexibility index (Phi) is 1.85. The van der Waals surface area contributed by atoms with Crippen LogP contribution in [0.15, 0.2) is 0 Å². The largest absolute Gasteiger partial charge is 0.396 e. The number of nitrogens with zero attached hydrogens (tertiary/aromatic N) is 1. The summed E-state index contributed by atoms with van der Waals surface area (Å²) in [7, 11) is 0. The first kappa shape index (κ1) is 7.50. The number of hydrogen-bond donors (Lipinski definition) is 1. The fourth-order valence-electron chi connectivity index (χ4n) is 2.36. The maximum absolute atomic E-state index is 12.8. The molecule has 0 aromatic rings. The summed E-state index contributed by atoms with van der Waals surface area (Å²) >= 11 is 0. The van der Waals surface area contributed by atoms with Crippen LogP contribution >= 0.6 is 0 Å². The van der Waals surface area contributed by atoms with Crippen LogP contribution in [0.2, 0.25) is 0 Å². The Morgan fingerprint density at radius 3 is 3.09 bits per heavy atom. The average molecular weight is 159 g/mol. The molecule has 3 heteroatoms. The highest BCUT2D eigenvalue weighted by Gasteiger charge is 2.41. The molecule has 2 nitrogen and oxygen atoms in total. The molecule has 64 valence electrons. The number of alkyl halides is 1. The smallest absolute Gasteiger partial charge is 0.114 e. The summed E-state index contributed by atoms with van der Waals surface area (Å²) in [5, 5.41) is 8.95. The lowest BCUT2D eigenvalue weighted by Crippen LogP contribution is -2.27. The van der Waals surface area contributed by atoms with Gasteiger partial charge < -0.3 is 5.11 Å². The molecule has 2 aliphatic rings. The van der Waals surface area contributed by atoms with E-state index < -0.39 is 6.17 Å². The normalized spacial score (nSPS) is 44.7. The van der Waals surface area contributed by atoms with Crippen LogP contribution in [0, 0.1) is 5.92 Å². The molecule has 2 heterocycles. The molecule has 2 saturated heterocycles. The predicted octanol–water partition coefficient (Wildman–Crippen LogP) is 0.411. The summed E-state index contributed by atoms with van der Waals surface area (Å²) in [5.74, 6) is 0.343. The summed E-state index contributed by atoms with van der Waals surface area (Å²) in [5.41, 5.74) is 0. The molecule has 2 rings (SSSR count). The van der Waals surface area contributed by atoms with Crippen molar-refractivity contribution in [2.75, 3.05) is 19.7 Å². The summed E-state index contributed by atoms with van der Waals surface area (Å²) in [4.78, 5) is 2.17. The molecule has 2 fully saturated rings. The molecule has 2 aliphatic heterocycles.